The number of aryl methyl sites for hydroxylation is 1. The second-order valence-electron chi connectivity index (χ2n) is 4.37. The van der Waals surface area contributed by atoms with E-state index in [2.05, 4.69) is 15.7 Å². The highest BCUT2D eigenvalue weighted by molar-refractivity contribution is 5.89. The third-order valence-electron chi connectivity index (χ3n) is 2.68. The fraction of sp³-hybridized carbons (Fsp3) is 0.385. The Morgan fingerprint density at radius 2 is 2.42 bits per heavy atom. The van der Waals surface area contributed by atoms with Crippen molar-refractivity contribution in [3.05, 3.63) is 36.5 Å². The lowest BCUT2D eigenvalue weighted by Gasteiger charge is -2.12. The number of rotatable bonds is 5. The standard InChI is InChI=1S/C13H18N4O2/c1-3-17-9-11(8-14-17)16-13(18)15-10(2)7-12-5-4-6-19-12/h4-6,8-10H,3,7H2,1-2H3,(H2,15,16,18)/t10-/m0/s1. The molecule has 2 rings (SSSR count). The van der Waals surface area contributed by atoms with Crippen LogP contribution in [0.25, 0.3) is 0 Å². The van der Waals surface area contributed by atoms with Gasteiger partial charge in [-0.1, -0.05) is 0 Å². The topological polar surface area (TPSA) is 72.1 Å². The third kappa shape index (κ3) is 3.87. The third-order valence-corrected chi connectivity index (χ3v) is 2.68. The predicted octanol–water partition coefficient (Wildman–Crippen LogP) is 2.25. The Kier molecular flexibility index (Phi) is 4.22. The minimum absolute atomic E-state index is 0.00706. The molecule has 2 aromatic rings. The molecule has 0 fully saturated rings. The summed E-state index contributed by atoms with van der Waals surface area (Å²) in [6, 6.07) is 3.48. The fourth-order valence-electron chi connectivity index (χ4n) is 1.77. The van der Waals surface area contributed by atoms with Crippen molar-refractivity contribution in [1.29, 1.82) is 0 Å². The van der Waals surface area contributed by atoms with Crippen molar-refractivity contribution in [3.63, 3.8) is 0 Å². The molecule has 102 valence electrons. The number of hydrogen-bond acceptors (Lipinski definition) is 3. The van der Waals surface area contributed by atoms with Crippen LogP contribution >= 0.6 is 0 Å². The van der Waals surface area contributed by atoms with Gasteiger partial charge >= 0.3 is 6.03 Å². The van der Waals surface area contributed by atoms with Gasteiger partial charge in [0, 0.05) is 25.2 Å². The van der Waals surface area contributed by atoms with Crippen LogP contribution in [-0.4, -0.2) is 21.9 Å². The maximum absolute atomic E-state index is 11.8. The molecule has 2 amide bonds. The van der Waals surface area contributed by atoms with Crippen molar-refractivity contribution in [2.45, 2.75) is 32.9 Å². The molecule has 6 heteroatoms. The van der Waals surface area contributed by atoms with Gasteiger partial charge in [-0.2, -0.15) is 5.10 Å². The molecule has 0 bridgehead atoms. The number of amides is 2. The number of furan rings is 1. The predicted molar refractivity (Wildman–Crippen MR) is 71.9 cm³/mol. The van der Waals surface area contributed by atoms with Gasteiger partial charge in [-0.05, 0) is 26.0 Å². The molecule has 0 unspecified atom stereocenters. The maximum atomic E-state index is 11.8. The van der Waals surface area contributed by atoms with Gasteiger partial charge in [0.25, 0.3) is 0 Å². The molecule has 19 heavy (non-hydrogen) atoms. The SMILES string of the molecule is CCn1cc(NC(=O)N[C@@H](C)Cc2ccco2)cn1. The van der Waals surface area contributed by atoms with E-state index in [0.29, 0.717) is 12.1 Å². The van der Waals surface area contributed by atoms with Gasteiger partial charge in [0.15, 0.2) is 0 Å². The van der Waals surface area contributed by atoms with Gasteiger partial charge in [0.1, 0.15) is 5.76 Å². The van der Waals surface area contributed by atoms with Crippen LogP contribution in [0.1, 0.15) is 19.6 Å². The van der Waals surface area contributed by atoms with Gasteiger partial charge in [-0.3, -0.25) is 4.68 Å². The van der Waals surface area contributed by atoms with Gasteiger partial charge in [0.05, 0.1) is 18.1 Å². The minimum Gasteiger partial charge on any atom is -0.469 e. The largest absolute Gasteiger partial charge is 0.469 e. The molecule has 0 aliphatic heterocycles. The van der Waals surface area contributed by atoms with E-state index in [1.165, 1.54) is 0 Å². The Bertz CT molecular complexity index is 518. The highest BCUT2D eigenvalue weighted by Gasteiger charge is 2.10. The van der Waals surface area contributed by atoms with E-state index in [1.54, 1.807) is 23.3 Å². The van der Waals surface area contributed by atoms with Gasteiger partial charge < -0.3 is 15.1 Å². The summed E-state index contributed by atoms with van der Waals surface area (Å²) < 4.78 is 6.99. The summed E-state index contributed by atoms with van der Waals surface area (Å²) >= 11 is 0. The van der Waals surface area contributed by atoms with Crippen molar-refractivity contribution >= 4 is 11.7 Å². The van der Waals surface area contributed by atoms with E-state index in [-0.39, 0.29) is 12.1 Å². The molecule has 0 spiro atoms. The second kappa shape index (κ2) is 6.08. The van der Waals surface area contributed by atoms with Crippen molar-refractivity contribution in [2.75, 3.05) is 5.32 Å². The molecule has 6 nitrogen and oxygen atoms in total. The number of nitrogens with one attached hydrogen (secondary N) is 2. The van der Waals surface area contributed by atoms with E-state index >= 15 is 0 Å². The first-order valence-corrected chi connectivity index (χ1v) is 6.29. The highest BCUT2D eigenvalue weighted by Crippen LogP contribution is 2.06. The first-order chi connectivity index (χ1) is 9.17. The monoisotopic (exact) mass is 262 g/mol. The molecule has 2 N–H and O–H groups in total. The van der Waals surface area contributed by atoms with E-state index in [4.69, 9.17) is 4.42 Å². The Morgan fingerprint density at radius 1 is 1.58 bits per heavy atom. The smallest absolute Gasteiger partial charge is 0.319 e. The molecule has 2 aromatic heterocycles. The molecule has 0 saturated heterocycles. The van der Waals surface area contributed by atoms with Crippen LogP contribution in [0.3, 0.4) is 0 Å². The zero-order valence-corrected chi connectivity index (χ0v) is 11.1. The number of urea groups is 1. The summed E-state index contributed by atoms with van der Waals surface area (Å²) in [5.74, 6) is 0.853. The van der Waals surface area contributed by atoms with Crippen LogP contribution in [0.4, 0.5) is 10.5 Å². The summed E-state index contributed by atoms with van der Waals surface area (Å²) in [6.45, 7) is 4.69. The quantitative estimate of drug-likeness (QED) is 0.868. The Morgan fingerprint density at radius 3 is 3.05 bits per heavy atom. The van der Waals surface area contributed by atoms with Crippen LogP contribution in [0.15, 0.2) is 35.2 Å². The van der Waals surface area contributed by atoms with E-state index < -0.39 is 0 Å². The lowest BCUT2D eigenvalue weighted by molar-refractivity contribution is 0.248. The van der Waals surface area contributed by atoms with Crippen molar-refractivity contribution in [3.8, 4) is 0 Å². The molecule has 0 saturated carbocycles. The summed E-state index contributed by atoms with van der Waals surface area (Å²) in [7, 11) is 0. The lowest BCUT2D eigenvalue weighted by Crippen LogP contribution is -2.37. The molecular weight excluding hydrogens is 244 g/mol. The van der Waals surface area contributed by atoms with Crippen LogP contribution < -0.4 is 10.6 Å². The first-order valence-electron chi connectivity index (χ1n) is 6.29. The van der Waals surface area contributed by atoms with Crippen LogP contribution in [0, 0.1) is 0 Å². The Hall–Kier alpha value is -2.24. The minimum atomic E-state index is -0.241. The second-order valence-corrected chi connectivity index (χ2v) is 4.37. The van der Waals surface area contributed by atoms with Crippen molar-refractivity contribution < 1.29 is 9.21 Å². The Labute approximate surface area is 111 Å². The van der Waals surface area contributed by atoms with Crippen LogP contribution in [0.2, 0.25) is 0 Å². The number of nitrogens with zero attached hydrogens (tertiary/aromatic N) is 2. The molecule has 0 aliphatic carbocycles. The summed E-state index contributed by atoms with van der Waals surface area (Å²) in [6.07, 6.45) is 5.70. The van der Waals surface area contributed by atoms with Crippen molar-refractivity contribution in [2.24, 2.45) is 0 Å². The first kappa shape index (κ1) is 13.2. The highest BCUT2D eigenvalue weighted by atomic mass is 16.3. The molecule has 0 aromatic carbocycles. The maximum Gasteiger partial charge on any atom is 0.319 e. The Balaban J connectivity index is 1.80. The van der Waals surface area contributed by atoms with Crippen LogP contribution in [-0.2, 0) is 13.0 Å². The zero-order chi connectivity index (χ0) is 13.7. The molecule has 1 atom stereocenters. The summed E-state index contributed by atoms with van der Waals surface area (Å²) in [5.41, 5.74) is 0.685. The average Bonchev–Trinajstić information content (AvgIpc) is 3.00. The number of anilines is 1. The molecule has 0 aliphatic rings. The van der Waals surface area contributed by atoms with E-state index in [0.717, 1.165) is 12.3 Å². The van der Waals surface area contributed by atoms with E-state index in [9.17, 15) is 4.79 Å². The van der Waals surface area contributed by atoms with Gasteiger partial charge in [0.2, 0.25) is 0 Å². The zero-order valence-electron chi connectivity index (χ0n) is 11.1. The average molecular weight is 262 g/mol. The van der Waals surface area contributed by atoms with Gasteiger partial charge in [-0.15, -0.1) is 0 Å². The lowest BCUT2D eigenvalue weighted by atomic mass is 10.2. The number of aromatic nitrogens is 2. The summed E-state index contributed by atoms with van der Waals surface area (Å²) in [4.78, 5) is 11.8. The molecular formula is C13H18N4O2. The van der Waals surface area contributed by atoms with Gasteiger partial charge in [-0.25, -0.2) is 4.79 Å². The number of hydrogen-bond donors (Lipinski definition) is 2. The fourth-order valence-corrected chi connectivity index (χ4v) is 1.77. The number of carbonyl (C=O) groups is 1. The number of carbonyl (C=O) groups excluding carboxylic acids is 1. The normalized spacial score (nSPS) is 12.1. The molecule has 0 radical (unpaired) electrons. The van der Waals surface area contributed by atoms with Crippen molar-refractivity contribution in [1.82, 2.24) is 15.1 Å². The van der Waals surface area contributed by atoms with Crippen LogP contribution in [0.5, 0.6) is 0 Å². The summed E-state index contributed by atoms with van der Waals surface area (Å²) in [5, 5.41) is 9.68. The molecule has 2 heterocycles. The van der Waals surface area contributed by atoms with E-state index in [1.807, 2.05) is 26.0 Å².